The highest BCUT2D eigenvalue weighted by Gasteiger charge is 2.08. The quantitative estimate of drug-likeness (QED) is 0.588. The molecule has 0 radical (unpaired) electrons. The smallest absolute Gasteiger partial charge is 0.0613 e. The van der Waals surface area contributed by atoms with Crippen LogP contribution in [0.4, 0.5) is 0 Å². The Hall–Kier alpha value is -1.25. The Kier molecular flexibility index (Phi) is 2.69. The van der Waals surface area contributed by atoms with Gasteiger partial charge in [-0.1, -0.05) is 48.0 Å². The van der Waals surface area contributed by atoms with Gasteiger partial charge >= 0.3 is 0 Å². The summed E-state index contributed by atoms with van der Waals surface area (Å²) in [4.78, 5) is 0. The van der Waals surface area contributed by atoms with Gasteiger partial charge in [-0.2, -0.15) is 0 Å². The molecular weight excluding hydrogens is 298 g/mol. The monoisotopic (exact) mass is 305 g/mol. The second kappa shape index (κ2) is 4.21. The summed E-state index contributed by atoms with van der Waals surface area (Å²) in [5, 5.41) is 1.92. The predicted octanol–water partition coefficient (Wildman–Crippen LogP) is 5.12. The molecular formula is C14H9BrClN. The van der Waals surface area contributed by atoms with Crippen LogP contribution in [-0.2, 0) is 0 Å². The second-order valence-corrected chi connectivity index (χ2v) is 5.03. The fourth-order valence-electron chi connectivity index (χ4n) is 1.95. The standard InChI is InChI=1S/C14H9BrClN/c15-17-13(10-4-2-1-3-5-10)8-11-6-7-12(16)9-14(11)17/h1-9H. The number of aromatic nitrogens is 1. The van der Waals surface area contributed by atoms with Crippen LogP contribution >= 0.6 is 27.7 Å². The number of hydrogen-bond acceptors (Lipinski definition) is 0. The number of hydrogen-bond donors (Lipinski definition) is 0. The molecule has 3 heteroatoms. The van der Waals surface area contributed by atoms with Gasteiger partial charge in [0.05, 0.1) is 27.4 Å². The molecule has 0 saturated heterocycles. The summed E-state index contributed by atoms with van der Waals surface area (Å²) in [6.07, 6.45) is 0. The van der Waals surface area contributed by atoms with Gasteiger partial charge in [-0.3, -0.25) is 3.59 Å². The third-order valence-electron chi connectivity index (χ3n) is 2.78. The molecule has 0 N–H and O–H groups in total. The third kappa shape index (κ3) is 1.88. The maximum absolute atomic E-state index is 6.01. The normalized spacial score (nSPS) is 10.9. The van der Waals surface area contributed by atoms with Crippen LogP contribution in [0.1, 0.15) is 0 Å². The molecule has 0 amide bonds. The maximum Gasteiger partial charge on any atom is 0.0613 e. The topological polar surface area (TPSA) is 4.93 Å². The van der Waals surface area contributed by atoms with Crippen LogP contribution in [-0.4, -0.2) is 3.59 Å². The second-order valence-electron chi connectivity index (χ2n) is 3.88. The van der Waals surface area contributed by atoms with Crippen LogP contribution in [0.2, 0.25) is 5.02 Å². The van der Waals surface area contributed by atoms with Crippen molar-refractivity contribution in [3.8, 4) is 11.3 Å². The molecule has 1 nitrogen and oxygen atoms in total. The minimum absolute atomic E-state index is 0.746. The van der Waals surface area contributed by atoms with Crippen LogP contribution in [0, 0.1) is 0 Å². The minimum Gasteiger partial charge on any atom is -0.276 e. The van der Waals surface area contributed by atoms with E-state index in [0.29, 0.717) is 0 Å². The third-order valence-corrected chi connectivity index (χ3v) is 3.78. The van der Waals surface area contributed by atoms with E-state index in [1.165, 1.54) is 10.9 Å². The molecule has 1 heterocycles. The molecule has 0 atom stereocenters. The van der Waals surface area contributed by atoms with Crippen molar-refractivity contribution in [3.63, 3.8) is 0 Å². The molecule has 0 aliphatic carbocycles. The first-order chi connectivity index (χ1) is 8.25. The summed E-state index contributed by atoms with van der Waals surface area (Å²) >= 11 is 9.59. The molecule has 0 saturated carbocycles. The van der Waals surface area contributed by atoms with Gasteiger partial charge in [0.1, 0.15) is 0 Å². The van der Waals surface area contributed by atoms with E-state index in [-0.39, 0.29) is 0 Å². The first kappa shape index (κ1) is 10.9. The molecule has 0 aliphatic heterocycles. The highest BCUT2D eigenvalue weighted by molar-refractivity contribution is 9.08. The molecule has 0 spiro atoms. The van der Waals surface area contributed by atoms with Crippen molar-refractivity contribution in [2.75, 3.05) is 0 Å². The molecule has 0 bridgehead atoms. The van der Waals surface area contributed by atoms with Crippen LogP contribution in [0.5, 0.6) is 0 Å². The molecule has 84 valence electrons. The van der Waals surface area contributed by atoms with Gasteiger partial charge in [0.15, 0.2) is 0 Å². The van der Waals surface area contributed by atoms with Crippen molar-refractivity contribution in [1.82, 2.24) is 3.59 Å². The Morgan fingerprint density at radius 2 is 1.71 bits per heavy atom. The molecule has 2 aromatic carbocycles. The Morgan fingerprint density at radius 1 is 0.941 bits per heavy atom. The van der Waals surface area contributed by atoms with Gasteiger partial charge in [0, 0.05) is 10.4 Å². The van der Waals surface area contributed by atoms with Gasteiger partial charge in [-0.05, 0) is 23.8 Å². The summed E-state index contributed by atoms with van der Waals surface area (Å²) in [6, 6.07) is 18.3. The number of halogens is 2. The van der Waals surface area contributed by atoms with E-state index in [4.69, 9.17) is 11.6 Å². The maximum atomic E-state index is 6.01. The van der Waals surface area contributed by atoms with E-state index in [9.17, 15) is 0 Å². The van der Waals surface area contributed by atoms with E-state index in [2.05, 4.69) is 34.3 Å². The lowest BCUT2D eigenvalue weighted by molar-refractivity contribution is 1.38. The van der Waals surface area contributed by atoms with E-state index in [1.807, 2.05) is 40.0 Å². The summed E-state index contributed by atoms with van der Waals surface area (Å²) in [5.41, 5.74) is 3.39. The predicted molar refractivity (Wildman–Crippen MR) is 76.7 cm³/mol. The molecule has 17 heavy (non-hydrogen) atoms. The van der Waals surface area contributed by atoms with Crippen LogP contribution in [0.3, 0.4) is 0 Å². The van der Waals surface area contributed by atoms with E-state index >= 15 is 0 Å². The summed E-state index contributed by atoms with van der Waals surface area (Å²) in [5.74, 6) is 0. The van der Waals surface area contributed by atoms with E-state index < -0.39 is 0 Å². The Bertz CT molecular complexity index is 673. The fraction of sp³-hybridized carbons (Fsp3) is 0. The largest absolute Gasteiger partial charge is 0.276 e. The van der Waals surface area contributed by atoms with Crippen molar-refractivity contribution in [1.29, 1.82) is 0 Å². The molecule has 0 unspecified atom stereocenters. The lowest BCUT2D eigenvalue weighted by Gasteiger charge is -2.01. The lowest BCUT2D eigenvalue weighted by Crippen LogP contribution is -1.83. The zero-order valence-corrected chi connectivity index (χ0v) is 11.2. The number of benzene rings is 2. The Balaban J connectivity index is 2.28. The van der Waals surface area contributed by atoms with Crippen molar-refractivity contribution >= 4 is 38.7 Å². The van der Waals surface area contributed by atoms with Crippen LogP contribution in [0.25, 0.3) is 22.2 Å². The summed E-state index contributed by atoms with van der Waals surface area (Å²) < 4.78 is 1.99. The Morgan fingerprint density at radius 3 is 2.47 bits per heavy atom. The summed E-state index contributed by atoms with van der Waals surface area (Å²) in [6.45, 7) is 0. The zero-order chi connectivity index (χ0) is 11.8. The van der Waals surface area contributed by atoms with Crippen LogP contribution < -0.4 is 0 Å². The van der Waals surface area contributed by atoms with Gasteiger partial charge in [-0.15, -0.1) is 0 Å². The van der Waals surface area contributed by atoms with Crippen molar-refractivity contribution in [2.24, 2.45) is 0 Å². The van der Waals surface area contributed by atoms with Gasteiger partial charge in [0.2, 0.25) is 0 Å². The summed E-state index contributed by atoms with van der Waals surface area (Å²) in [7, 11) is 0. The molecule has 3 aromatic rings. The van der Waals surface area contributed by atoms with E-state index in [1.54, 1.807) is 0 Å². The first-order valence-corrected chi connectivity index (χ1v) is 6.37. The average Bonchev–Trinajstić information content (AvgIpc) is 2.68. The van der Waals surface area contributed by atoms with Gasteiger partial charge < -0.3 is 0 Å². The lowest BCUT2D eigenvalue weighted by atomic mass is 10.1. The Labute approximate surface area is 113 Å². The van der Waals surface area contributed by atoms with Gasteiger partial charge in [0.25, 0.3) is 0 Å². The molecule has 3 rings (SSSR count). The molecule has 0 fully saturated rings. The van der Waals surface area contributed by atoms with Gasteiger partial charge in [-0.25, -0.2) is 0 Å². The minimum atomic E-state index is 0.746. The molecule has 1 aromatic heterocycles. The van der Waals surface area contributed by atoms with Crippen molar-refractivity contribution in [2.45, 2.75) is 0 Å². The number of rotatable bonds is 1. The van der Waals surface area contributed by atoms with Crippen molar-refractivity contribution in [3.05, 3.63) is 59.6 Å². The highest BCUT2D eigenvalue weighted by atomic mass is 79.9. The average molecular weight is 307 g/mol. The van der Waals surface area contributed by atoms with Crippen LogP contribution in [0.15, 0.2) is 54.6 Å². The highest BCUT2D eigenvalue weighted by Crippen LogP contribution is 2.31. The first-order valence-electron chi connectivity index (χ1n) is 5.28. The molecule has 0 aliphatic rings. The number of fused-ring (bicyclic) bond motifs is 1. The SMILES string of the molecule is Clc1ccc2cc(-c3ccccc3)n(Br)c2c1. The number of nitrogens with zero attached hydrogens (tertiary/aromatic N) is 1. The van der Waals surface area contributed by atoms with Crippen molar-refractivity contribution < 1.29 is 0 Å². The van der Waals surface area contributed by atoms with E-state index in [0.717, 1.165) is 16.2 Å². The fourth-order valence-corrected chi connectivity index (χ4v) is 2.73. The zero-order valence-electron chi connectivity index (χ0n) is 8.90.